The van der Waals surface area contributed by atoms with Crippen molar-refractivity contribution >= 4 is 15.9 Å². The van der Waals surface area contributed by atoms with Crippen LogP contribution in [0.15, 0.2) is 16.6 Å². The van der Waals surface area contributed by atoms with E-state index >= 15 is 0 Å². The van der Waals surface area contributed by atoms with Crippen molar-refractivity contribution in [2.24, 2.45) is 0 Å². The Hall–Kier alpha value is -0.780. The highest BCUT2D eigenvalue weighted by Gasteiger charge is 2.39. The number of halogens is 1. The predicted octanol–water partition coefficient (Wildman–Crippen LogP) is 3.07. The summed E-state index contributed by atoms with van der Waals surface area (Å²) in [5.41, 5.74) is 0.212. The van der Waals surface area contributed by atoms with Gasteiger partial charge in [-0.15, -0.1) is 0 Å². The van der Waals surface area contributed by atoms with Crippen LogP contribution in [0.3, 0.4) is 0 Å². The van der Waals surface area contributed by atoms with Crippen LogP contribution in [0.2, 0.25) is 0 Å². The van der Waals surface area contributed by atoms with Crippen molar-refractivity contribution in [3.05, 3.63) is 22.2 Å². The molecular weight excluding hydrogens is 312 g/mol. The molecule has 2 rings (SSSR count). The van der Waals surface area contributed by atoms with Crippen LogP contribution in [-0.4, -0.2) is 31.5 Å². The monoisotopic (exact) mass is 330 g/mol. The highest BCUT2D eigenvalue weighted by atomic mass is 79.9. The van der Waals surface area contributed by atoms with Crippen molar-refractivity contribution in [2.75, 3.05) is 20.8 Å². The van der Waals surface area contributed by atoms with Crippen molar-refractivity contribution in [1.82, 2.24) is 0 Å². The van der Waals surface area contributed by atoms with Crippen LogP contribution < -0.4 is 9.47 Å². The highest BCUT2D eigenvalue weighted by Crippen LogP contribution is 2.43. The largest absolute Gasteiger partial charge is 0.493 e. The molecule has 1 aliphatic rings. The zero-order chi connectivity index (χ0) is 14.0. The lowest BCUT2D eigenvalue weighted by atomic mass is 9.90. The molecule has 0 amide bonds. The van der Waals surface area contributed by atoms with E-state index in [0.717, 1.165) is 22.9 Å². The molecule has 1 heterocycles. The van der Waals surface area contributed by atoms with Crippen LogP contribution in [0.25, 0.3) is 0 Å². The van der Waals surface area contributed by atoms with E-state index in [1.807, 2.05) is 6.92 Å². The molecule has 1 N–H and O–H groups in total. The first-order chi connectivity index (χ1) is 9.01. The van der Waals surface area contributed by atoms with E-state index in [1.54, 1.807) is 26.4 Å². The third-order valence-electron chi connectivity index (χ3n) is 3.63. The lowest BCUT2D eigenvalue weighted by Crippen LogP contribution is -2.32. The number of methoxy groups -OCH3 is 2. The zero-order valence-electron chi connectivity index (χ0n) is 11.4. The SMILES string of the molecule is COc1cc(Br)c(C(O)C2(C)CCCO2)cc1OC. The summed E-state index contributed by atoms with van der Waals surface area (Å²) in [6.45, 7) is 2.63. The van der Waals surface area contributed by atoms with Crippen molar-refractivity contribution in [3.8, 4) is 11.5 Å². The molecular formula is C14H19BrO4. The average molecular weight is 331 g/mol. The van der Waals surface area contributed by atoms with E-state index in [-0.39, 0.29) is 0 Å². The first kappa shape index (κ1) is 14.6. The van der Waals surface area contributed by atoms with E-state index < -0.39 is 11.7 Å². The quantitative estimate of drug-likeness (QED) is 0.921. The van der Waals surface area contributed by atoms with Gasteiger partial charge in [-0.05, 0) is 31.9 Å². The molecule has 4 nitrogen and oxygen atoms in total. The van der Waals surface area contributed by atoms with Gasteiger partial charge in [0, 0.05) is 16.6 Å². The second kappa shape index (κ2) is 5.69. The van der Waals surface area contributed by atoms with Crippen LogP contribution >= 0.6 is 15.9 Å². The Morgan fingerprint density at radius 2 is 1.95 bits per heavy atom. The summed E-state index contributed by atoms with van der Waals surface area (Å²) in [6.07, 6.45) is 1.11. The van der Waals surface area contributed by atoms with Gasteiger partial charge in [-0.25, -0.2) is 0 Å². The van der Waals surface area contributed by atoms with Gasteiger partial charge in [0.15, 0.2) is 11.5 Å². The van der Waals surface area contributed by atoms with Crippen LogP contribution in [0.1, 0.15) is 31.4 Å². The van der Waals surface area contributed by atoms with Gasteiger partial charge in [0.25, 0.3) is 0 Å². The molecule has 0 spiro atoms. The molecule has 2 unspecified atom stereocenters. The number of aliphatic hydroxyl groups is 1. The number of hydrogen-bond acceptors (Lipinski definition) is 4. The molecule has 106 valence electrons. The second-order valence-electron chi connectivity index (χ2n) is 4.90. The Bertz CT molecular complexity index is 455. The highest BCUT2D eigenvalue weighted by molar-refractivity contribution is 9.10. The summed E-state index contributed by atoms with van der Waals surface area (Å²) in [7, 11) is 3.16. The minimum Gasteiger partial charge on any atom is -0.493 e. The van der Waals surface area contributed by atoms with Crippen LogP contribution in [0.4, 0.5) is 0 Å². The van der Waals surface area contributed by atoms with Gasteiger partial charge in [-0.1, -0.05) is 15.9 Å². The third-order valence-corrected chi connectivity index (χ3v) is 4.31. The average Bonchev–Trinajstić information content (AvgIpc) is 2.85. The molecule has 1 fully saturated rings. The van der Waals surface area contributed by atoms with Crippen LogP contribution in [0.5, 0.6) is 11.5 Å². The lowest BCUT2D eigenvalue weighted by molar-refractivity contribution is -0.0799. The Morgan fingerprint density at radius 1 is 1.32 bits per heavy atom. The zero-order valence-corrected chi connectivity index (χ0v) is 13.0. The molecule has 1 aromatic rings. The van der Waals surface area contributed by atoms with E-state index in [4.69, 9.17) is 14.2 Å². The molecule has 5 heteroatoms. The molecule has 19 heavy (non-hydrogen) atoms. The van der Waals surface area contributed by atoms with Gasteiger partial charge in [0.2, 0.25) is 0 Å². The Balaban J connectivity index is 2.38. The predicted molar refractivity (Wildman–Crippen MR) is 75.8 cm³/mol. The summed E-state index contributed by atoms with van der Waals surface area (Å²) >= 11 is 3.47. The van der Waals surface area contributed by atoms with E-state index in [0.29, 0.717) is 18.1 Å². The van der Waals surface area contributed by atoms with Crippen molar-refractivity contribution < 1.29 is 19.3 Å². The molecule has 1 aromatic carbocycles. The number of rotatable bonds is 4. The molecule has 0 bridgehead atoms. The first-order valence-electron chi connectivity index (χ1n) is 6.25. The maximum Gasteiger partial charge on any atom is 0.161 e. The molecule has 0 radical (unpaired) electrons. The Labute approximate surface area is 121 Å². The molecule has 0 saturated carbocycles. The summed E-state index contributed by atoms with van der Waals surface area (Å²) in [5.74, 6) is 1.23. The normalized spacial score (nSPS) is 24.3. The van der Waals surface area contributed by atoms with Gasteiger partial charge in [0.05, 0.1) is 19.8 Å². The lowest BCUT2D eigenvalue weighted by Gasteiger charge is -2.30. The van der Waals surface area contributed by atoms with Crippen molar-refractivity contribution in [3.63, 3.8) is 0 Å². The second-order valence-corrected chi connectivity index (χ2v) is 5.75. The van der Waals surface area contributed by atoms with Crippen molar-refractivity contribution in [1.29, 1.82) is 0 Å². The fourth-order valence-corrected chi connectivity index (χ4v) is 2.96. The van der Waals surface area contributed by atoms with Crippen molar-refractivity contribution in [2.45, 2.75) is 31.5 Å². The summed E-state index contributed by atoms with van der Waals surface area (Å²) in [4.78, 5) is 0. The fourth-order valence-electron chi connectivity index (χ4n) is 2.42. The van der Waals surface area contributed by atoms with Crippen LogP contribution in [-0.2, 0) is 4.74 Å². The topological polar surface area (TPSA) is 47.9 Å². The maximum absolute atomic E-state index is 10.6. The molecule has 0 aliphatic carbocycles. The van der Waals surface area contributed by atoms with Gasteiger partial charge in [0.1, 0.15) is 6.10 Å². The van der Waals surface area contributed by atoms with E-state index in [2.05, 4.69) is 15.9 Å². The summed E-state index contributed by atoms with van der Waals surface area (Å²) in [5, 5.41) is 10.6. The minimum absolute atomic E-state index is 0.540. The van der Waals surface area contributed by atoms with Gasteiger partial charge in [-0.2, -0.15) is 0 Å². The molecule has 1 aliphatic heterocycles. The summed E-state index contributed by atoms with van der Waals surface area (Å²) < 4.78 is 17.0. The minimum atomic E-state index is -0.704. The number of ether oxygens (including phenoxy) is 3. The standard InChI is InChI=1S/C14H19BrO4/c1-14(5-4-6-19-14)13(16)9-7-11(17-2)12(18-3)8-10(9)15/h7-8,13,16H,4-6H2,1-3H3. The van der Waals surface area contributed by atoms with Gasteiger partial charge < -0.3 is 19.3 Å². The number of hydrogen-bond donors (Lipinski definition) is 1. The molecule has 2 atom stereocenters. The first-order valence-corrected chi connectivity index (χ1v) is 7.04. The van der Waals surface area contributed by atoms with Crippen LogP contribution in [0, 0.1) is 0 Å². The van der Waals surface area contributed by atoms with E-state index in [9.17, 15) is 5.11 Å². The maximum atomic E-state index is 10.6. The Morgan fingerprint density at radius 3 is 2.47 bits per heavy atom. The number of benzene rings is 1. The molecule has 0 aromatic heterocycles. The van der Waals surface area contributed by atoms with Gasteiger partial charge >= 0.3 is 0 Å². The van der Waals surface area contributed by atoms with Gasteiger partial charge in [-0.3, -0.25) is 0 Å². The number of aliphatic hydroxyl groups excluding tert-OH is 1. The molecule has 1 saturated heterocycles. The fraction of sp³-hybridized carbons (Fsp3) is 0.571. The summed E-state index contributed by atoms with van der Waals surface area (Å²) in [6, 6.07) is 3.59. The smallest absolute Gasteiger partial charge is 0.161 e. The third kappa shape index (κ3) is 2.73. The van der Waals surface area contributed by atoms with E-state index in [1.165, 1.54) is 0 Å². The Kier molecular flexibility index (Phi) is 4.38.